The molecule has 0 atom stereocenters. The zero-order chi connectivity index (χ0) is 21.9. The van der Waals surface area contributed by atoms with Crippen LogP contribution in [-0.4, -0.2) is 5.60 Å². The topological polar surface area (TPSA) is 42.2 Å². The minimum Gasteiger partial charge on any atom is -0.488 e. The van der Waals surface area contributed by atoms with Gasteiger partial charge in [0, 0.05) is 0 Å². The molecule has 0 radical (unpaired) electrons. The minimum absolute atomic E-state index is 0.128. The highest BCUT2D eigenvalue weighted by Crippen LogP contribution is 2.34. The summed E-state index contributed by atoms with van der Waals surface area (Å²) >= 11 is 0. The molecule has 3 aromatic rings. The summed E-state index contributed by atoms with van der Waals surface area (Å²) in [6.45, 7) is 12.4. The van der Waals surface area contributed by atoms with E-state index in [0.29, 0.717) is 17.1 Å². The molecule has 3 nitrogen and oxygen atoms in total. The van der Waals surface area contributed by atoms with E-state index < -0.39 is 0 Å². The Morgan fingerprint density at radius 2 is 1.23 bits per heavy atom. The number of ether oxygens (including phenoxy) is 2. The molecule has 0 spiro atoms. The van der Waals surface area contributed by atoms with Gasteiger partial charge in [-0.25, -0.2) is 0 Å². The van der Waals surface area contributed by atoms with E-state index in [2.05, 4.69) is 39.0 Å². The number of nitrogens with zero attached hydrogens (tertiary/aromatic N) is 1. The average Bonchev–Trinajstić information content (AvgIpc) is 2.67. The van der Waals surface area contributed by atoms with Gasteiger partial charge in [0.05, 0.1) is 5.56 Å². The molecule has 3 heteroatoms. The van der Waals surface area contributed by atoms with Gasteiger partial charge in [0.1, 0.15) is 28.9 Å². The highest BCUT2D eigenvalue weighted by molar-refractivity contribution is 5.65. The van der Waals surface area contributed by atoms with E-state index >= 15 is 0 Å². The fourth-order valence-corrected chi connectivity index (χ4v) is 3.27. The number of benzene rings is 3. The summed E-state index contributed by atoms with van der Waals surface area (Å²) in [6.07, 6.45) is 0. The third-order valence-electron chi connectivity index (χ3n) is 4.64. The molecule has 0 N–H and O–H groups in total. The number of hydrogen-bond acceptors (Lipinski definition) is 3. The van der Waals surface area contributed by atoms with Crippen molar-refractivity contribution < 1.29 is 9.47 Å². The predicted molar refractivity (Wildman–Crippen MR) is 122 cm³/mol. The SMILES string of the molecule is CC(C)(C)Oc1ccc(-c2ccc(Oc3cccc(C(C)(C)C)c3C#N)cc2)cc1. The first-order valence-electron chi connectivity index (χ1n) is 10.2. The number of hydrogen-bond donors (Lipinski definition) is 0. The summed E-state index contributed by atoms with van der Waals surface area (Å²) in [5.74, 6) is 2.14. The Bertz CT molecular complexity index is 1040. The highest BCUT2D eigenvalue weighted by Gasteiger charge is 2.21. The third-order valence-corrected chi connectivity index (χ3v) is 4.64. The van der Waals surface area contributed by atoms with E-state index in [1.54, 1.807) is 0 Å². The van der Waals surface area contributed by atoms with Crippen molar-refractivity contribution in [1.82, 2.24) is 0 Å². The molecule has 0 saturated carbocycles. The summed E-state index contributed by atoms with van der Waals surface area (Å²) in [5, 5.41) is 9.69. The monoisotopic (exact) mass is 399 g/mol. The molecule has 0 bridgehead atoms. The van der Waals surface area contributed by atoms with Crippen molar-refractivity contribution in [2.24, 2.45) is 0 Å². The second kappa shape index (κ2) is 8.24. The van der Waals surface area contributed by atoms with Crippen LogP contribution in [0.3, 0.4) is 0 Å². The molecule has 0 saturated heterocycles. The Hall–Kier alpha value is -3.25. The molecule has 0 amide bonds. The smallest absolute Gasteiger partial charge is 0.145 e. The van der Waals surface area contributed by atoms with Crippen LogP contribution in [0, 0.1) is 11.3 Å². The molecule has 0 unspecified atom stereocenters. The molecule has 0 aromatic heterocycles. The molecule has 3 aromatic carbocycles. The third kappa shape index (κ3) is 5.21. The minimum atomic E-state index is -0.215. The van der Waals surface area contributed by atoms with Crippen molar-refractivity contribution in [3.8, 4) is 34.4 Å². The van der Waals surface area contributed by atoms with Crippen LogP contribution in [0.2, 0.25) is 0 Å². The lowest BCUT2D eigenvalue weighted by Gasteiger charge is -2.22. The van der Waals surface area contributed by atoms with Gasteiger partial charge in [-0.3, -0.25) is 0 Å². The Morgan fingerprint density at radius 1 is 0.700 bits per heavy atom. The summed E-state index contributed by atoms with van der Waals surface area (Å²) in [4.78, 5) is 0. The summed E-state index contributed by atoms with van der Waals surface area (Å²) in [7, 11) is 0. The molecular weight excluding hydrogens is 370 g/mol. The number of nitriles is 1. The van der Waals surface area contributed by atoms with E-state index in [9.17, 15) is 5.26 Å². The van der Waals surface area contributed by atoms with Crippen LogP contribution in [0.15, 0.2) is 66.7 Å². The normalized spacial score (nSPS) is 11.6. The van der Waals surface area contributed by atoms with Crippen LogP contribution in [0.25, 0.3) is 11.1 Å². The highest BCUT2D eigenvalue weighted by atomic mass is 16.5. The Balaban J connectivity index is 1.80. The van der Waals surface area contributed by atoms with Gasteiger partial charge < -0.3 is 9.47 Å². The van der Waals surface area contributed by atoms with E-state index in [1.807, 2.05) is 75.4 Å². The van der Waals surface area contributed by atoms with Crippen LogP contribution >= 0.6 is 0 Å². The van der Waals surface area contributed by atoms with Gasteiger partial charge in [0.25, 0.3) is 0 Å². The predicted octanol–water partition coefficient (Wildman–Crippen LogP) is 7.49. The van der Waals surface area contributed by atoms with Gasteiger partial charge in [-0.1, -0.05) is 57.2 Å². The van der Waals surface area contributed by atoms with Crippen molar-refractivity contribution >= 4 is 0 Å². The zero-order valence-corrected chi connectivity index (χ0v) is 18.6. The van der Waals surface area contributed by atoms with E-state index in [1.165, 1.54) is 0 Å². The fourth-order valence-electron chi connectivity index (χ4n) is 3.27. The average molecular weight is 400 g/mol. The first-order chi connectivity index (χ1) is 14.1. The lowest BCUT2D eigenvalue weighted by atomic mass is 9.84. The first kappa shape index (κ1) is 21.5. The Kier molecular flexibility index (Phi) is 5.89. The van der Waals surface area contributed by atoms with Crippen LogP contribution in [0.1, 0.15) is 52.7 Å². The lowest BCUT2D eigenvalue weighted by molar-refractivity contribution is 0.131. The van der Waals surface area contributed by atoms with Crippen molar-refractivity contribution in [3.63, 3.8) is 0 Å². The Morgan fingerprint density at radius 3 is 1.70 bits per heavy atom. The molecule has 3 rings (SSSR count). The summed E-state index contributed by atoms with van der Waals surface area (Å²) in [5.41, 5.74) is 3.42. The molecule has 0 aliphatic heterocycles. The van der Waals surface area contributed by atoms with Crippen LogP contribution in [-0.2, 0) is 5.41 Å². The van der Waals surface area contributed by atoms with Crippen LogP contribution < -0.4 is 9.47 Å². The van der Waals surface area contributed by atoms with Crippen molar-refractivity contribution in [2.45, 2.75) is 52.6 Å². The van der Waals surface area contributed by atoms with Gasteiger partial charge in [0.15, 0.2) is 0 Å². The maximum absolute atomic E-state index is 9.69. The lowest BCUT2D eigenvalue weighted by Crippen LogP contribution is -2.22. The van der Waals surface area contributed by atoms with E-state index in [0.717, 1.165) is 22.4 Å². The van der Waals surface area contributed by atoms with Crippen LogP contribution in [0.5, 0.6) is 17.2 Å². The maximum Gasteiger partial charge on any atom is 0.145 e. The summed E-state index contributed by atoms with van der Waals surface area (Å²) < 4.78 is 11.9. The second-order valence-electron chi connectivity index (χ2n) is 9.41. The summed E-state index contributed by atoms with van der Waals surface area (Å²) in [6, 6.07) is 24.1. The molecule has 0 fully saturated rings. The van der Waals surface area contributed by atoms with Crippen LogP contribution in [0.4, 0.5) is 0 Å². The molecule has 154 valence electrons. The van der Waals surface area contributed by atoms with Crippen molar-refractivity contribution in [1.29, 1.82) is 5.26 Å². The maximum atomic E-state index is 9.69. The van der Waals surface area contributed by atoms with Gasteiger partial charge in [0.2, 0.25) is 0 Å². The first-order valence-corrected chi connectivity index (χ1v) is 10.2. The Labute approximate surface area is 179 Å². The van der Waals surface area contributed by atoms with E-state index in [4.69, 9.17) is 9.47 Å². The van der Waals surface area contributed by atoms with Gasteiger partial charge in [-0.05, 0) is 73.2 Å². The molecule has 30 heavy (non-hydrogen) atoms. The van der Waals surface area contributed by atoms with Crippen molar-refractivity contribution in [3.05, 3.63) is 77.9 Å². The van der Waals surface area contributed by atoms with Gasteiger partial charge >= 0.3 is 0 Å². The van der Waals surface area contributed by atoms with Gasteiger partial charge in [-0.15, -0.1) is 0 Å². The molecular formula is C27H29NO2. The molecule has 0 aliphatic rings. The van der Waals surface area contributed by atoms with Crippen molar-refractivity contribution in [2.75, 3.05) is 0 Å². The quantitative estimate of drug-likeness (QED) is 0.456. The fraction of sp³-hybridized carbons (Fsp3) is 0.296. The number of rotatable bonds is 4. The molecule has 0 heterocycles. The second-order valence-corrected chi connectivity index (χ2v) is 9.41. The van der Waals surface area contributed by atoms with Gasteiger partial charge in [-0.2, -0.15) is 5.26 Å². The molecule has 0 aliphatic carbocycles. The standard InChI is InChI=1S/C27H29NO2/c1-26(2,3)24-8-7-9-25(23(24)18-28)29-21-14-10-19(11-15-21)20-12-16-22(17-13-20)30-27(4,5)6/h7-17H,1-6H3. The van der Waals surface area contributed by atoms with E-state index in [-0.39, 0.29) is 11.0 Å². The zero-order valence-electron chi connectivity index (χ0n) is 18.6. The largest absolute Gasteiger partial charge is 0.488 e.